The summed E-state index contributed by atoms with van der Waals surface area (Å²) in [7, 11) is 0. The van der Waals surface area contributed by atoms with E-state index in [0.717, 1.165) is 22.9 Å². The second kappa shape index (κ2) is 5.29. The lowest BCUT2D eigenvalue weighted by Gasteiger charge is -2.02. The van der Waals surface area contributed by atoms with Gasteiger partial charge in [-0.15, -0.1) is 0 Å². The van der Waals surface area contributed by atoms with Crippen molar-refractivity contribution >= 4 is 33.2 Å². The predicted octanol–water partition coefficient (Wildman–Crippen LogP) is 3.37. The van der Waals surface area contributed by atoms with Gasteiger partial charge in [0.05, 0.1) is 10.7 Å². The molecule has 0 aromatic heterocycles. The van der Waals surface area contributed by atoms with Crippen LogP contribution >= 0.6 is 27.5 Å². The van der Waals surface area contributed by atoms with Gasteiger partial charge in [-0.25, -0.2) is 0 Å². The van der Waals surface area contributed by atoms with Crippen LogP contribution in [-0.2, 0) is 0 Å². The Balaban J connectivity index is 2.97. The largest absolute Gasteiger partial charge is 0.397 e. The van der Waals surface area contributed by atoms with E-state index in [-0.39, 0.29) is 0 Å². The predicted molar refractivity (Wildman–Crippen MR) is 65.9 cm³/mol. The van der Waals surface area contributed by atoms with Gasteiger partial charge in [-0.1, -0.05) is 39.4 Å². The van der Waals surface area contributed by atoms with Crippen molar-refractivity contribution in [3.63, 3.8) is 0 Å². The normalized spacial score (nSPS) is 9.36. The summed E-state index contributed by atoms with van der Waals surface area (Å²) < 4.78 is 0. The molecule has 0 unspecified atom stereocenters. The van der Waals surface area contributed by atoms with Crippen LogP contribution in [0.2, 0.25) is 5.02 Å². The molecule has 0 aliphatic rings. The smallest absolute Gasteiger partial charge is 0.0650 e. The highest BCUT2D eigenvalue weighted by atomic mass is 79.9. The minimum absolute atomic E-state index is 0.577. The van der Waals surface area contributed by atoms with Crippen molar-refractivity contribution in [2.24, 2.45) is 0 Å². The van der Waals surface area contributed by atoms with Gasteiger partial charge >= 0.3 is 0 Å². The summed E-state index contributed by atoms with van der Waals surface area (Å²) in [6, 6.07) is 3.74. The van der Waals surface area contributed by atoms with Gasteiger partial charge in [-0.3, -0.25) is 0 Å². The fraction of sp³-hybridized carbons (Fsp3) is 0.273. The van der Waals surface area contributed by atoms with Crippen LogP contribution in [0, 0.1) is 18.8 Å². The Hall–Kier alpha value is -0.650. The first kappa shape index (κ1) is 11.4. The zero-order valence-corrected chi connectivity index (χ0v) is 10.2. The van der Waals surface area contributed by atoms with Crippen LogP contribution in [0.4, 0.5) is 5.69 Å². The number of benzene rings is 1. The van der Waals surface area contributed by atoms with Crippen molar-refractivity contribution in [1.29, 1.82) is 0 Å². The van der Waals surface area contributed by atoms with Crippen molar-refractivity contribution in [2.45, 2.75) is 13.3 Å². The highest BCUT2D eigenvalue weighted by molar-refractivity contribution is 9.09. The van der Waals surface area contributed by atoms with Gasteiger partial charge in [0.2, 0.25) is 0 Å². The summed E-state index contributed by atoms with van der Waals surface area (Å²) in [4.78, 5) is 0. The molecule has 2 N–H and O–H groups in total. The summed E-state index contributed by atoms with van der Waals surface area (Å²) in [6.07, 6.45) is 0.834. The molecule has 0 saturated carbocycles. The first-order valence-corrected chi connectivity index (χ1v) is 5.75. The quantitative estimate of drug-likeness (QED) is 0.473. The van der Waals surface area contributed by atoms with Gasteiger partial charge < -0.3 is 5.73 Å². The van der Waals surface area contributed by atoms with E-state index in [1.54, 1.807) is 6.07 Å². The first-order chi connectivity index (χ1) is 6.65. The average Bonchev–Trinajstić information content (AvgIpc) is 2.14. The molecule has 0 bridgehead atoms. The SMILES string of the molecule is Cc1cc(C#CCCBr)cc(Cl)c1N. The van der Waals surface area contributed by atoms with Crippen molar-refractivity contribution in [2.75, 3.05) is 11.1 Å². The van der Waals surface area contributed by atoms with Gasteiger partial charge in [0.25, 0.3) is 0 Å². The Labute approximate surface area is 97.8 Å². The van der Waals surface area contributed by atoms with Gasteiger partial charge in [0, 0.05) is 17.3 Å². The lowest BCUT2D eigenvalue weighted by Crippen LogP contribution is -1.91. The fourth-order valence-electron chi connectivity index (χ4n) is 1.04. The molecule has 0 saturated heterocycles. The average molecular weight is 273 g/mol. The van der Waals surface area contributed by atoms with Crippen molar-refractivity contribution < 1.29 is 0 Å². The molecule has 0 atom stereocenters. The summed E-state index contributed by atoms with van der Waals surface area (Å²) in [5.41, 5.74) is 8.25. The number of rotatable bonds is 1. The number of nitrogen functional groups attached to an aromatic ring is 1. The summed E-state index contributed by atoms with van der Waals surface area (Å²) in [6.45, 7) is 1.93. The lowest BCUT2D eigenvalue weighted by molar-refractivity contribution is 1.32. The summed E-state index contributed by atoms with van der Waals surface area (Å²) in [5.74, 6) is 6.06. The maximum absolute atomic E-state index is 5.93. The van der Waals surface area contributed by atoms with E-state index in [1.807, 2.05) is 13.0 Å². The van der Waals surface area contributed by atoms with E-state index in [1.165, 1.54) is 0 Å². The lowest BCUT2D eigenvalue weighted by atomic mass is 10.1. The van der Waals surface area contributed by atoms with E-state index < -0.39 is 0 Å². The van der Waals surface area contributed by atoms with Crippen LogP contribution < -0.4 is 5.73 Å². The van der Waals surface area contributed by atoms with Gasteiger partial charge in [-0.05, 0) is 24.6 Å². The molecule has 0 fully saturated rings. The Morgan fingerprint density at radius 1 is 1.50 bits per heavy atom. The third-order valence-corrected chi connectivity index (χ3v) is 2.50. The van der Waals surface area contributed by atoms with E-state index in [9.17, 15) is 0 Å². The number of hydrogen-bond acceptors (Lipinski definition) is 1. The number of aryl methyl sites for hydroxylation is 1. The molecule has 1 aromatic carbocycles. The Morgan fingerprint density at radius 2 is 2.21 bits per heavy atom. The van der Waals surface area contributed by atoms with Crippen LogP contribution in [0.15, 0.2) is 12.1 Å². The molecule has 1 aromatic rings. The molecule has 1 rings (SSSR count). The zero-order chi connectivity index (χ0) is 10.6. The van der Waals surface area contributed by atoms with E-state index in [0.29, 0.717) is 10.7 Å². The summed E-state index contributed by atoms with van der Waals surface area (Å²) >= 11 is 9.24. The highest BCUT2D eigenvalue weighted by Gasteiger charge is 2.00. The number of alkyl halides is 1. The maximum atomic E-state index is 5.93. The number of anilines is 1. The van der Waals surface area contributed by atoms with Crippen LogP contribution in [-0.4, -0.2) is 5.33 Å². The molecule has 0 radical (unpaired) electrons. The van der Waals surface area contributed by atoms with Gasteiger partial charge in [0.15, 0.2) is 0 Å². The molecule has 74 valence electrons. The fourth-order valence-corrected chi connectivity index (χ4v) is 1.50. The third-order valence-electron chi connectivity index (χ3n) is 1.79. The van der Waals surface area contributed by atoms with Crippen LogP contribution in [0.1, 0.15) is 17.5 Å². The zero-order valence-electron chi connectivity index (χ0n) is 7.90. The van der Waals surface area contributed by atoms with Crippen LogP contribution in [0.5, 0.6) is 0 Å². The Morgan fingerprint density at radius 3 is 2.79 bits per heavy atom. The van der Waals surface area contributed by atoms with Crippen molar-refractivity contribution in [1.82, 2.24) is 0 Å². The molecule has 0 amide bonds. The van der Waals surface area contributed by atoms with E-state index in [2.05, 4.69) is 27.8 Å². The standard InChI is InChI=1S/C11H11BrClN/c1-8-6-9(4-2-3-5-12)7-10(13)11(8)14/h6-7H,3,5,14H2,1H3. The number of nitrogens with two attached hydrogens (primary N) is 1. The second-order valence-electron chi connectivity index (χ2n) is 2.93. The molecule has 3 heteroatoms. The molecule has 14 heavy (non-hydrogen) atoms. The van der Waals surface area contributed by atoms with E-state index >= 15 is 0 Å². The monoisotopic (exact) mass is 271 g/mol. The minimum atomic E-state index is 0.577. The highest BCUT2D eigenvalue weighted by Crippen LogP contribution is 2.23. The second-order valence-corrected chi connectivity index (χ2v) is 4.13. The first-order valence-electron chi connectivity index (χ1n) is 4.25. The van der Waals surface area contributed by atoms with Crippen LogP contribution in [0.3, 0.4) is 0 Å². The van der Waals surface area contributed by atoms with Crippen molar-refractivity contribution in [3.8, 4) is 11.8 Å². The van der Waals surface area contributed by atoms with Gasteiger partial charge in [-0.2, -0.15) is 0 Å². The molecule has 0 aliphatic carbocycles. The molecule has 1 nitrogen and oxygen atoms in total. The maximum Gasteiger partial charge on any atom is 0.0650 e. The topological polar surface area (TPSA) is 26.0 Å². The van der Waals surface area contributed by atoms with Crippen molar-refractivity contribution in [3.05, 3.63) is 28.3 Å². The van der Waals surface area contributed by atoms with Crippen LogP contribution in [0.25, 0.3) is 0 Å². The Kier molecular flexibility index (Phi) is 4.31. The third kappa shape index (κ3) is 2.94. The van der Waals surface area contributed by atoms with E-state index in [4.69, 9.17) is 17.3 Å². The molecule has 0 spiro atoms. The molecule has 0 heterocycles. The van der Waals surface area contributed by atoms with Gasteiger partial charge in [0.1, 0.15) is 0 Å². The molecule has 0 aliphatic heterocycles. The Bertz CT molecular complexity index is 367. The number of halogens is 2. The minimum Gasteiger partial charge on any atom is -0.397 e. The number of hydrogen-bond donors (Lipinski definition) is 1. The molecular formula is C11H11BrClN. The summed E-state index contributed by atoms with van der Waals surface area (Å²) in [5, 5.41) is 1.47. The molecular weight excluding hydrogens is 261 g/mol.